The lowest BCUT2D eigenvalue weighted by molar-refractivity contribution is 0.302. The van der Waals surface area contributed by atoms with Crippen LogP contribution < -0.4 is 5.32 Å². The fraction of sp³-hybridized carbons (Fsp3) is 0.360. The third kappa shape index (κ3) is 4.39. The minimum Gasteiger partial charge on any atom is -0.359 e. The Hall–Kier alpha value is -2.24. The van der Waals surface area contributed by atoms with Crippen LogP contribution in [0.15, 0.2) is 48.7 Å². The standard InChI is InChI=1S/C25H25ClFN3S/c1-15(29-25-30-24-21(26)3-2-4-23(24)31-25)13-16-5-7-17(8-6-16)19-11-12-28-22-10-9-18(27)14-20(19)22/h2-4,9-12,14-17H,5-8,13H2,1H3,(H,29,30)/t15?,16-,17+. The van der Waals surface area contributed by atoms with E-state index >= 15 is 0 Å². The van der Waals surface area contributed by atoms with Crippen LogP contribution >= 0.6 is 22.9 Å². The van der Waals surface area contributed by atoms with Crippen LogP contribution in [0.2, 0.25) is 5.02 Å². The maximum Gasteiger partial charge on any atom is 0.184 e. The van der Waals surface area contributed by atoms with Crippen molar-refractivity contribution in [1.29, 1.82) is 0 Å². The van der Waals surface area contributed by atoms with Gasteiger partial charge in [0, 0.05) is 17.6 Å². The van der Waals surface area contributed by atoms with Crippen molar-refractivity contribution in [3.63, 3.8) is 0 Å². The van der Waals surface area contributed by atoms with E-state index in [1.165, 1.54) is 24.5 Å². The maximum atomic E-state index is 13.8. The summed E-state index contributed by atoms with van der Waals surface area (Å²) in [5, 5.41) is 6.19. The van der Waals surface area contributed by atoms with Crippen LogP contribution in [0.4, 0.5) is 9.52 Å². The Balaban J connectivity index is 1.21. The maximum absolute atomic E-state index is 13.8. The molecule has 5 rings (SSSR count). The third-order valence-corrected chi connectivity index (χ3v) is 7.71. The smallest absolute Gasteiger partial charge is 0.184 e. The average molecular weight is 454 g/mol. The molecule has 1 saturated carbocycles. The lowest BCUT2D eigenvalue weighted by Gasteiger charge is -2.31. The summed E-state index contributed by atoms with van der Waals surface area (Å²) in [6.45, 7) is 2.24. The molecule has 1 aliphatic rings. The molecule has 4 aromatic rings. The number of fused-ring (bicyclic) bond motifs is 2. The quantitative estimate of drug-likeness (QED) is 0.335. The van der Waals surface area contributed by atoms with Gasteiger partial charge in [0.25, 0.3) is 0 Å². The van der Waals surface area contributed by atoms with Crippen LogP contribution in [-0.4, -0.2) is 16.0 Å². The fourth-order valence-corrected chi connectivity index (χ4v) is 6.23. The molecule has 0 saturated heterocycles. The number of thiazole rings is 1. The van der Waals surface area contributed by atoms with Crippen molar-refractivity contribution < 1.29 is 4.39 Å². The molecule has 0 amide bonds. The average Bonchev–Trinajstić information content (AvgIpc) is 3.17. The van der Waals surface area contributed by atoms with Crippen LogP contribution in [0.25, 0.3) is 21.1 Å². The first-order valence-corrected chi connectivity index (χ1v) is 12.1. The minimum atomic E-state index is -0.188. The zero-order valence-electron chi connectivity index (χ0n) is 17.4. The number of pyridine rings is 1. The number of aromatic nitrogens is 2. The zero-order chi connectivity index (χ0) is 21.4. The molecule has 2 aromatic heterocycles. The Labute approximate surface area is 190 Å². The van der Waals surface area contributed by atoms with Gasteiger partial charge in [0.2, 0.25) is 0 Å². The monoisotopic (exact) mass is 453 g/mol. The van der Waals surface area contributed by atoms with Crippen molar-refractivity contribution >= 4 is 49.2 Å². The topological polar surface area (TPSA) is 37.8 Å². The molecule has 2 aromatic carbocycles. The molecular formula is C25H25ClFN3S. The number of rotatable bonds is 5. The Morgan fingerprint density at radius 1 is 1.16 bits per heavy atom. The number of hydrogen-bond acceptors (Lipinski definition) is 4. The molecule has 31 heavy (non-hydrogen) atoms. The van der Waals surface area contributed by atoms with Crippen LogP contribution in [0.5, 0.6) is 0 Å². The second kappa shape index (κ2) is 8.71. The Bertz CT molecular complexity index is 1220. The summed E-state index contributed by atoms with van der Waals surface area (Å²) in [6, 6.07) is 13.3. The molecule has 2 heterocycles. The van der Waals surface area contributed by atoms with E-state index in [9.17, 15) is 4.39 Å². The van der Waals surface area contributed by atoms with Gasteiger partial charge in [0.1, 0.15) is 11.3 Å². The highest BCUT2D eigenvalue weighted by molar-refractivity contribution is 7.22. The molecule has 1 aliphatic carbocycles. The molecule has 1 N–H and O–H groups in total. The van der Waals surface area contributed by atoms with Crippen molar-refractivity contribution in [2.75, 3.05) is 5.32 Å². The molecule has 0 bridgehead atoms. The minimum absolute atomic E-state index is 0.188. The predicted octanol–water partition coefficient (Wildman–Crippen LogP) is 7.80. The number of anilines is 1. The second-order valence-corrected chi connectivity index (χ2v) is 10.1. The molecule has 0 radical (unpaired) electrons. The van der Waals surface area contributed by atoms with E-state index < -0.39 is 0 Å². The van der Waals surface area contributed by atoms with E-state index in [-0.39, 0.29) is 5.82 Å². The summed E-state index contributed by atoms with van der Waals surface area (Å²) in [5.74, 6) is 0.992. The van der Waals surface area contributed by atoms with Crippen molar-refractivity contribution in [2.24, 2.45) is 5.92 Å². The van der Waals surface area contributed by atoms with E-state index in [1.54, 1.807) is 23.5 Å². The highest BCUT2D eigenvalue weighted by atomic mass is 35.5. The van der Waals surface area contributed by atoms with Gasteiger partial charge in [-0.1, -0.05) is 29.0 Å². The molecule has 1 atom stereocenters. The number of hydrogen-bond donors (Lipinski definition) is 1. The largest absolute Gasteiger partial charge is 0.359 e. The Morgan fingerprint density at radius 2 is 2.00 bits per heavy atom. The summed E-state index contributed by atoms with van der Waals surface area (Å²) in [5.41, 5.74) is 3.01. The summed E-state index contributed by atoms with van der Waals surface area (Å²) in [7, 11) is 0. The summed E-state index contributed by atoms with van der Waals surface area (Å²) in [6.07, 6.45) is 7.66. The molecule has 1 fully saturated rings. The van der Waals surface area contributed by atoms with Crippen molar-refractivity contribution in [3.8, 4) is 0 Å². The highest BCUT2D eigenvalue weighted by Crippen LogP contribution is 2.40. The summed E-state index contributed by atoms with van der Waals surface area (Å²) >= 11 is 7.92. The lowest BCUT2D eigenvalue weighted by atomic mass is 9.76. The Kier molecular flexibility index (Phi) is 5.81. The van der Waals surface area contributed by atoms with Crippen LogP contribution in [0.3, 0.4) is 0 Å². The summed E-state index contributed by atoms with van der Waals surface area (Å²) < 4.78 is 14.9. The molecule has 0 aliphatic heterocycles. The van der Waals surface area contributed by atoms with E-state index in [4.69, 9.17) is 11.6 Å². The van der Waals surface area contributed by atoms with Gasteiger partial charge in [0.15, 0.2) is 5.13 Å². The highest BCUT2D eigenvalue weighted by Gasteiger charge is 2.25. The first kappa shape index (κ1) is 20.7. The van der Waals surface area contributed by atoms with Gasteiger partial charge < -0.3 is 5.32 Å². The molecule has 3 nitrogen and oxygen atoms in total. The number of benzene rings is 2. The SMILES string of the molecule is CC(C[C@H]1CC[C@@H](c2ccnc3ccc(F)cc32)CC1)Nc1nc2c(Cl)cccc2s1. The first-order valence-electron chi connectivity index (χ1n) is 10.9. The lowest BCUT2D eigenvalue weighted by Crippen LogP contribution is -2.22. The zero-order valence-corrected chi connectivity index (χ0v) is 19.0. The molecular weight excluding hydrogens is 429 g/mol. The number of nitrogens with one attached hydrogen (secondary N) is 1. The van der Waals surface area contributed by atoms with Crippen LogP contribution in [0.1, 0.15) is 50.5 Å². The normalized spacial score (nSPS) is 20.2. The Morgan fingerprint density at radius 3 is 2.81 bits per heavy atom. The van der Waals surface area contributed by atoms with E-state index in [1.807, 2.05) is 18.3 Å². The molecule has 160 valence electrons. The van der Waals surface area contributed by atoms with Crippen molar-refractivity contribution in [1.82, 2.24) is 9.97 Å². The third-order valence-electron chi connectivity index (χ3n) is 6.45. The predicted molar refractivity (Wildman–Crippen MR) is 129 cm³/mol. The molecule has 0 spiro atoms. The summed E-state index contributed by atoms with van der Waals surface area (Å²) in [4.78, 5) is 9.08. The van der Waals surface area contributed by atoms with E-state index in [2.05, 4.69) is 34.3 Å². The van der Waals surface area contributed by atoms with Gasteiger partial charge in [-0.2, -0.15) is 0 Å². The van der Waals surface area contributed by atoms with E-state index in [0.717, 1.165) is 45.5 Å². The number of para-hydroxylation sites is 1. The van der Waals surface area contributed by atoms with Gasteiger partial charge in [-0.15, -0.1) is 0 Å². The number of halogens is 2. The number of nitrogens with zero attached hydrogens (tertiary/aromatic N) is 2. The van der Waals surface area contributed by atoms with Gasteiger partial charge in [-0.05, 0) is 92.8 Å². The van der Waals surface area contributed by atoms with Crippen molar-refractivity contribution in [2.45, 2.75) is 51.0 Å². The van der Waals surface area contributed by atoms with Crippen LogP contribution in [-0.2, 0) is 0 Å². The van der Waals surface area contributed by atoms with Gasteiger partial charge in [-0.3, -0.25) is 4.98 Å². The second-order valence-electron chi connectivity index (χ2n) is 8.67. The molecule has 1 unspecified atom stereocenters. The van der Waals surface area contributed by atoms with Crippen molar-refractivity contribution in [3.05, 3.63) is 65.1 Å². The van der Waals surface area contributed by atoms with Crippen LogP contribution in [0, 0.1) is 11.7 Å². The van der Waals surface area contributed by atoms with Gasteiger partial charge in [-0.25, -0.2) is 9.37 Å². The van der Waals surface area contributed by atoms with Gasteiger partial charge in [0.05, 0.1) is 15.2 Å². The molecule has 6 heteroatoms. The first-order chi connectivity index (χ1) is 15.1. The van der Waals surface area contributed by atoms with E-state index in [0.29, 0.717) is 22.9 Å². The fourth-order valence-electron chi connectivity index (χ4n) is 4.95. The van der Waals surface area contributed by atoms with Gasteiger partial charge >= 0.3 is 0 Å².